The Bertz CT molecular complexity index is 996. The van der Waals surface area contributed by atoms with Crippen molar-refractivity contribution in [2.75, 3.05) is 18.5 Å². The number of hydrogen-bond acceptors (Lipinski definition) is 6. The molecule has 0 aliphatic carbocycles. The first-order valence-electron chi connectivity index (χ1n) is 9.98. The topological polar surface area (TPSA) is 96.7 Å². The molecule has 8 nitrogen and oxygen atoms in total. The molecule has 0 bridgehead atoms. The highest BCUT2D eigenvalue weighted by Crippen LogP contribution is 2.41. The molecule has 1 saturated heterocycles. The Labute approximate surface area is 171 Å². The molecule has 0 amide bonds. The van der Waals surface area contributed by atoms with E-state index in [1.807, 2.05) is 20.8 Å². The normalized spacial score (nSPS) is 24.6. The quantitative estimate of drug-likeness (QED) is 0.787. The van der Waals surface area contributed by atoms with Crippen LogP contribution in [0.5, 0.6) is 5.75 Å². The van der Waals surface area contributed by atoms with Gasteiger partial charge >= 0.3 is 0 Å². The summed E-state index contributed by atoms with van der Waals surface area (Å²) in [6.07, 6.45) is 5.34. The third kappa shape index (κ3) is 3.62. The minimum atomic E-state index is -3.59. The Morgan fingerprint density at radius 2 is 1.97 bits per heavy atom. The van der Waals surface area contributed by atoms with Crippen molar-refractivity contribution in [1.29, 1.82) is 0 Å². The Balaban J connectivity index is 1.75. The third-order valence-electron chi connectivity index (χ3n) is 5.77. The summed E-state index contributed by atoms with van der Waals surface area (Å²) in [5.41, 5.74) is 3.04. The number of nitrogens with zero attached hydrogens (tertiary/aromatic N) is 3. The maximum absolute atomic E-state index is 13.1. The lowest BCUT2D eigenvalue weighted by atomic mass is 9.87. The minimum absolute atomic E-state index is 0.225. The van der Waals surface area contributed by atoms with Crippen LogP contribution in [0.2, 0.25) is 0 Å². The van der Waals surface area contributed by atoms with Crippen molar-refractivity contribution in [3.05, 3.63) is 42.0 Å². The highest BCUT2D eigenvalue weighted by Gasteiger charge is 2.44. The lowest BCUT2D eigenvalue weighted by molar-refractivity contribution is -0.0554. The van der Waals surface area contributed by atoms with Crippen LogP contribution < -0.4 is 10.2 Å². The maximum atomic E-state index is 13.1. The van der Waals surface area contributed by atoms with Gasteiger partial charge in [-0.3, -0.25) is 4.68 Å². The zero-order valence-corrected chi connectivity index (χ0v) is 17.8. The standard InChI is InChI=1S/C20H28N4O4S/c1-14-21-9-12-24(14)22-18-16-13-15(29(26,27)23-10-5-4-6-11-23)7-8-17(16)28-20(2,3)19(18)25/h7-9,12-13,18-19,22,25H,4-6,10-11H2,1-3H3/t18-,19+/m0/s1. The average Bonchev–Trinajstić information content (AvgIpc) is 3.10. The van der Waals surface area contributed by atoms with Crippen LogP contribution >= 0.6 is 0 Å². The number of benzene rings is 1. The lowest BCUT2D eigenvalue weighted by Gasteiger charge is -2.42. The summed E-state index contributed by atoms with van der Waals surface area (Å²) in [4.78, 5) is 4.43. The van der Waals surface area contributed by atoms with Crippen LogP contribution in [-0.4, -0.2) is 52.3 Å². The fraction of sp³-hybridized carbons (Fsp3) is 0.550. The number of imidazole rings is 1. The molecule has 29 heavy (non-hydrogen) atoms. The van der Waals surface area contributed by atoms with Gasteiger partial charge in [-0.05, 0) is 51.8 Å². The second-order valence-corrected chi connectivity index (χ2v) is 10.2. The molecule has 1 fully saturated rings. The van der Waals surface area contributed by atoms with Gasteiger partial charge in [0.2, 0.25) is 10.0 Å². The molecule has 1 aromatic carbocycles. The van der Waals surface area contributed by atoms with Gasteiger partial charge in [-0.15, -0.1) is 0 Å². The highest BCUT2D eigenvalue weighted by molar-refractivity contribution is 7.89. The van der Waals surface area contributed by atoms with Crippen molar-refractivity contribution in [3.63, 3.8) is 0 Å². The zero-order chi connectivity index (χ0) is 20.8. The van der Waals surface area contributed by atoms with Crippen LogP contribution in [0.4, 0.5) is 0 Å². The lowest BCUT2D eigenvalue weighted by Crippen LogP contribution is -2.52. The Morgan fingerprint density at radius 3 is 2.62 bits per heavy atom. The van der Waals surface area contributed by atoms with E-state index in [0.717, 1.165) is 25.1 Å². The number of rotatable bonds is 4. The van der Waals surface area contributed by atoms with E-state index in [0.29, 0.717) is 24.4 Å². The molecule has 158 valence electrons. The summed E-state index contributed by atoms with van der Waals surface area (Å²) in [5, 5.41) is 11.0. The van der Waals surface area contributed by atoms with Gasteiger partial charge in [0.25, 0.3) is 0 Å². The van der Waals surface area contributed by atoms with E-state index in [-0.39, 0.29) is 4.90 Å². The average molecular weight is 421 g/mol. The smallest absolute Gasteiger partial charge is 0.243 e. The molecule has 0 radical (unpaired) electrons. The number of fused-ring (bicyclic) bond motifs is 1. The molecule has 0 unspecified atom stereocenters. The molecule has 2 aromatic rings. The maximum Gasteiger partial charge on any atom is 0.243 e. The predicted molar refractivity (Wildman–Crippen MR) is 109 cm³/mol. The van der Waals surface area contributed by atoms with E-state index < -0.39 is 27.8 Å². The van der Waals surface area contributed by atoms with Gasteiger partial charge in [-0.2, -0.15) is 4.31 Å². The van der Waals surface area contributed by atoms with Gasteiger partial charge in [0.1, 0.15) is 29.3 Å². The molecule has 4 rings (SSSR count). The molecule has 9 heteroatoms. The van der Waals surface area contributed by atoms with Crippen molar-refractivity contribution in [1.82, 2.24) is 14.0 Å². The number of hydrogen-bond donors (Lipinski definition) is 2. The minimum Gasteiger partial charge on any atom is -0.485 e. The van der Waals surface area contributed by atoms with E-state index in [1.54, 1.807) is 39.6 Å². The SMILES string of the molecule is Cc1nccn1N[C@H]1c2cc(S(=O)(=O)N3CCCCC3)ccc2OC(C)(C)[C@@H]1O. The predicted octanol–water partition coefficient (Wildman–Crippen LogP) is 2.18. The van der Waals surface area contributed by atoms with E-state index in [4.69, 9.17) is 4.74 Å². The Morgan fingerprint density at radius 1 is 1.24 bits per heavy atom. The van der Waals surface area contributed by atoms with E-state index in [1.165, 1.54) is 0 Å². The first kappa shape index (κ1) is 20.2. The molecular weight excluding hydrogens is 392 g/mol. The summed E-state index contributed by atoms with van der Waals surface area (Å²) in [6, 6.07) is 4.35. The van der Waals surface area contributed by atoms with Gasteiger partial charge in [0.05, 0.1) is 4.90 Å². The van der Waals surface area contributed by atoms with Crippen LogP contribution in [0.15, 0.2) is 35.5 Å². The summed E-state index contributed by atoms with van der Waals surface area (Å²) < 4.78 is 35.6. The summed E-state index contributed by atoms with van der Waals surface area (Å²) in [7, 11) is -3.59. The Hall–Kier alpha value is -2.10. The molecule has 2 N–H and O–H groups in total. The monoisotopic (exact) mass is 420 g/mol. The molecule has 3 heterocycles. The van der Waals surface area contributed by atoms with Gasteiger partial charge in [0.15, 0.2) is 0 Å². The zero-order valence-electron chi connectivity index (χ0n) is 17.0. The molecular formula is C20H28N4O4S. The Kier molecular flexibility index (Phi) is 5.08. The summed E-state index contributed by atoms with van der Waals surface area (Å²) in [5.74, 6) is 1.30. The van der Waals surface area contributed by atoms with Gasteiger partial charge in [0, 0.05) is 31.0 Å². The number of ether oxygens (including phenoxy) is 1. The number of aryl methyl sites for hydroxylation is 1. The van der Waals surface area contributed by atoms with Gasteiger partial charge < -0.3 is 15.3 Å². The largest absolute Gasteiger partial charge is 0.485 e. The molecule has 1 aromatic heterocycles. The van der Waals surface area contributed by atoms with Crippen LogP contribution in [-0.2, 0) is 10.0 Å². The van der Waals surface area contributed by atoms with Crippen LogP contribution in [0.3, 0.4) is 0 Å². The molecule has 2 aliphatic heterocycles. The number of piperidine rings is 1. The van der Waals surface area contributed by atoms with Gasteiger partial charge in [-0.25, -0.2) is 13.4 Å². The van der Waals surface area contributed by atoms with E-state index in [9.17, 15) is 13.5 Å². The van der Waals surface area contributed by atoms with Crippen molar-refractivity contribution >= 4 is 10.0 Å². The van der Waals surface area contributed by atoms with Crippen LogP contribution in [0, 0.1) is 6.92 Å². The first-order chi connectivity index (χ1) is 13.7. The molecule has 0 spiro atoms. The number of aliphatic hydroxyl groups excluding tert-OH is 1. The van der Waals surface area contributed by atoms with Crippen LogP contribution in [0.25, 0.3) is 0 Å². The number of sulfonamides is 1. The summed E-state index contributed by atoms with van der Waals surface area (Å²) in [6.45, 7) is 6.56. The van der Waals surface area contributed by atoms with Crippen molar-refractivity contribution in [3.8, 4) is 5.75 Å². The second-order valence-electron chi connectivity index (χ2n) is 8.27. The first-order valence-corrected chi connectivity index (χ1v) is 11.4. The van der Waals surface area contributed by atoms with E-state index >= 15 is 0 Å². The van der Waals surface area contributed by atoms with E-state index in [2.05, 4.69) is 10.4 Å². The number of nitrogens with one attached hydrogen (secondary N) is 1. The molecule has 0 saturated carbocycles. The van der Waals surface area contributed by atoms with Crippen molar-refractivity contribution in [2.24, 2.45) is 0 Å². The number of aromatic nitrogens is 2. The molecule has 2 atom stereocenters. The highest BCUT2D eigenvalue weighted by atomic mass is 32.2. The van der Waals surface area contributed by atoms with Crippen molar-refractivity contribution < 1.29 is 18.3 Å². The van der Waals surface area contributed by atoms with Crippen molar-refractivity contribution in [2.45, 2.75) is 62.7 Å². The van der Waals surface area contributed by atoms with Crippen LogP contribution in [0.1, 0.15) is 50.5 Å². The summed E-state index contributed by atoms with van der Waals surface area (Å²) >= 11 is 0. The second kappa shape index (κ2) is 7.30. The number of aliphatic hydroxyl groups is 1. The fourth-order valence-electron chi connectivity index (χ4n) is 4.00. The third-order valence-corrected chi connectivity index (χ3v) is 7.67. The van der Waals surface area contributed by atoms with Gasteiger partial charge in [-0.1, -0.05) is 6.42 Å². The molecule has 2 aliphatic rings. The fourth-order valence-corrected chi connectivity index (χ4v) is 5.55.